The number of aliphatic hydroxyl groups excluding tert-OH is 3. The van der Waals surface area contributed by atoms with Crippen molar-refractivity contribution >= 4 is 0 Å². The van der Waals surface area contributed by atoms with Crippen molar-refractivity contribution in [2.24, 2.45) is 0 Å². The normalized spacial score (nSPS) is 34.9. The van der Waals surface area contributed by atoms with Crippen molar-refractivity contribution in [3.8, 4) is 0 Å². The van der Waals surface area contributed by atoms with E-state index in [4.69, 9.17) is 4.74 Å². The van der Waals surface area contributed by atoms with E-state index in [-0.39, 0.29) is 0 Å². The van der Waals surface area contributed by atoms with E-state index in [2.05, 4.69) is 4.98 Å². The Kier molecular flexibility index (Phi) is 3.44. The first kappa shape index (κ1) is 12.4. The number of pyridine rings is 1. The average Bonchev–Trinajstić information content (AvgIpc) is 2.56. The van der Waals surface area contributed by atoms with Crippen molar-refractivity contribution in [2.45, 2.75) is 44.4 Å². The van der Waals surface area contributed by atoms with Crippen LogP contribution in [0, 0.1) is 6.92 Å². The molecule has 2 rings (SSSR count). The molecule has 0 bridgehead atoms. The predicted octanol–water partition coefficient (Wildman–Crippen LogP) is -0.0675. The predicted molar refractivity (Wildman–Crippen MR) is 60.3 cm³/mol. The summed E-state index contributed by atoms with van der Waals surface area (Å²) in [4.78, 5) is 4.03. The van der Waals surface area contributed by atoms with E-state index < -0.39 is 30.5 Å². The topological polar surface area (TPSA) is 82.8 Å². The van der Waals surface area contributed by atoms with E-state index in [0.717, 1.165) is 5.69 Å². The van der Waals surface area contributed by atoms with Crippen molar-refractivity contribution in [2.75, 3.05) is 0 Å². The minimum Gasteiger partial charge on any atom is -0.388 e. The summed E-state index contributed by atoms with van der Waals surface area (Å²) in [5.74, 6) is 0. The Hall–Kier alpha value is -1.01. The number of hydrogen-bond acceptors (Lipinski definition) is 5. The van der Waals surface area contributed by atoms with Gasteiger partial charge < -0.3 is 20.1 Å². The van der Waals surface area contributed by atoms with Crippen molar-refractivity contribution in [1.82, 2.24) is 4.98 Å². The Morgan fingerprint density at radius 1 is 1.35 bits per heavy atom. The second-order valence-electron chi connectivity index (χ2n) is 4.46. The molecule has 1 aromatic rings. The Balaban J connectivity index is 2.18. The maximum atomic E-state index is 10.1. The number of rotatable bonds is 2. The fraction of sp³-hybridized carbons (Fsp3) is 0.583. The fourth-order valence-electron chi connectivity index (χ4n) is 2.08. The molecule has 1 aliphatic heterocycles. The van der Waals surface area contributed by atoms with Gasteiger partial charge >= 0.3 is 0 Å². The molecule has 2 heterocycles. The van der Waals surface area contributed by atoms with Crippen LogP contribution in [0.1, 0.15) is 24.3 Å². The van der Waals surface area contributed by atoms with Crippen LogP contribution in [0.2, 0.25) is 0 Å². The molecule has 1 aromatic heterocycles. The zero-order valence-corrected chi connectivity index (χ0v) is 9.82. The van der Waals surface area contributed by atoms with Crippen LogP contribution in [0.3, 0.4) is 0 Å². The van der Waals surface area contributed by atoms with E-state index >= 15 is 0 Å². The Bertz CT molecular complexity index is 398. The molecule has 1 fully saturated rings. The van der Waals surface area contributed by atoms with Gasteiger partial charge in [0.25, 0.3) is 0 Å². The van der Waals surface area contributed by atoms with Crippen LogP contribution in [0.15, 0.2) is 18.3 Å². The molecule has 0 saturated carbocycles. The molecule has 0 radical (unpaired) electrons. The van der Waals surface area contributed by atoms with Crippen LogP contribution in [0.25, 0.3) is 0 Å². The van der Waals surface area contributed by atoms with E-state index in [1.54, 1.807) is 25.3 Å². The highest BCUT2D eigenvalue weighted by Crippen LogP contribution is 2.30. The molecule has 5 heteroatoms. The van der Waals surface area contributed by atoms with E-state index in [1.165, 1.54) is 0 Å². The summed E-state index contributed by atoms with van der Waals surface area (Å²) in [6, 6.07) is 3.40. The Morgan fingerprint density at radius 2 is 2.06 bits per heavy atom. The van der Waals surface area contributed by atoms with Gasteiger partial charge in [0.1, 0.15) is 24.4 Å². The van der Waals surface area contributed by atoms with Crippen molar-refractivity contribution in [3.63, 3.8) is 0 Å². The molecule has 5 unspecified atom stereocenters. The smallest absolute Gasteiger partial charge is 0.116 e. The summed E-state index contributed by atoms with van der Waals surface area (Å²) in [5, 5.41) is 29.5. The first-order valence-electron chi connectivity index (χ1n) is 5.63. The van der Waals surface area contributed by atoms with Gasteiger partial charge in [0.15, 0.2) is 0 Å². The van der Waals surface area contributed by atoms with Crippen molar-refractivity contribution in [1.29, 1.82) is 0 Å². The quantitative estimate of drug-likeness (QED) is 0.673. The van der Waals surface area contributed by atoms with Gasteiger partial charge in [-0.3, -0.25) is 4.98 Å². The zero-order chi connectivity index (χ0) is 12.6. The number of aliphatic hydroxyl groups is 3. The lowest BCUT2D eigenvalue weighted by atomic mass is 9.99. The van der Waals surface area contributed by atoms with E-state index in [1.807, 2.05) is 6.92 Å². The van der Waals surface area contributed by atoms with Gasteiger partial charge in [-0.2, -0.15) is 0 Å². The number of nitrogens with zero attached hydrogens (tertiary/aromatic N) is 1. The monoisotopic (exact) mass is 239 g/mol. The summed E-state index contributed by atoms with van der Waals surface area (Å²) < 4.78 is 5.37. The van der Waals surface area contributed by atoms with Crippen LogP contribution < -0.4 is 0 Å². The van der Waals surface area contributed by atoms with Crippen LogP contribution in [0.5, 0.6) is 0 Å². The van der Waals surface area contributed by atoms with Gasteiger partial charge in [0.2, 0.25) is 0 Å². The zero-order valence-electron chi connectivity index (χ0n) is 9.82. The lowest BCUT2D eigenvalue weighted by Gasteiger charge is -2.21. The van der Waals surface area contributed by atoms with Gasteiger partial charge in [0, 0.05) is 11.9 Å². The third-order valence-corrected chi connectivity index (χ3v) is 3.11. The first-order chi connectivity index (χ1) is 8.00. The average molecular weight is 239 g/mol. The third kappa shape index (κ3) is 2.32. The molecular weight excluding hydrogens is 222 g/mol. The SMILES string of the molecule is Cc1cc(C(O)C2OC(C)C(O)C2O)ccn1. The second kappa shape index (κ2) is 4.70. The van der Waals surface area contributed by atoms with Crippen LogP contribution in [0.4, 0.5) is 0 Å². The number of aryl methyl sites for hydroxylation is 1. The molecule has 5 nitrogen and oxygen atoms in total. The van der Waals surface area contributed by atoms with Gasteiger partial charge in [0.05, 0.1) is 6.10 Å². The minimum absolute atomic E-state index is 0.479. The molecular formula is C12H17NO4. The maximum Gasteiger partial charge on any atom is 0.116 e. The molecule has 0 amide bonds. The van der Waals surface area contributed by atoms with Gasteiger partial charge in [-0.1, -0.05) is 0 Å². The fourth-order valence-corrected chi connectivity index (χ4v) is 2.08. The van der Waals surface area contributed by atoms with Gasteiger partial charge in [-0.25, -0.2) is 0 Å². The highest BCUT2D eigenvalue weighted by Gasteiger charge is 2.44. The highest BCUT2D eigenvalue weighted by molar-refractivity contribution is 5.20. The molecule has 94 valence electrons. The first-order valence-corrected chi connectivity index (χ1v) is 5.63. The Labute approximate surface area is 99.7 Å². The molecule has 0 aromatic carbocycles. The molecule has 17 heavy (non-hydrogen) atoms. The van der Waals surface area contributed by atoms with E-state index in [9.17, 15) is 15.3 Å². The minimum atomic E-state index is -1.08. The standard InChI is InChI=1S/C12H17NO4/c1-6-5-8(3-4-13-6)10(15)12-11(16)9(14)7(2)17-12/h3-5,7,9-12,14-16H,1-2H3. The lowest BCUT2D eigenvalue weighted by Crippen LogP contribution is -2.34. The van der Waals surface area contributed by atoms with Crippen LogP contribution >= 0.6 is 0 Å². The molecule has 0 spiro atoms. The molecule has 1 saturated heterocycles. The molecule has 5 atom stereocenters. The largest absolute Gasteiger partial charge is 0.388 e. The summed E-state index contributed by atoms with van der Waals surface area (Å²) in [6.45, 7) is 3.48. The number of hydrogen-bond donors (Lipinski definition) is 3. The highest BCUT2D eigenvalue weighted by atomic mass is 16.6. The lowest BCUT2D eigenvalue weighted by molar-refractivity contribution is -0.0636. The molecule has 0 aliphatic carbocycles. The van der Waals surface area contributed by atoms with Crippen LogP contribution in [-0.2, 0) is 4.74 Å². The molecule has 1 aliphatic rings. The number of aromatic nitrogens is 1. The number of ether oxygens (including phenoxy) is 1. The van der Waals surface area contributed by atoms with E-state index in [0.29, 0.717) is 5.56 Å². The second-order valence-corrected chi connectivity index (χ2v) is 4.46. The summed E-state index contributed by atoms with van der Waals surface area (Å²) in [7, 11) is 0. The Morgan fingerprint density at radius 3 is 2.59 bits per heavy atom. The summed E-state index contributed by atoms with van der Waals surface area (Å²) >= 11 is 0. The molecule has 3 N–H and O–H groups in total. The van der Waals surface area contributed by atoms with Gasteiger partial charge in [-0.15, -0.1) is 0 Å². The van der Waals surface area contributed by atoms with Crippen LogP contribution in [-0.4, -0.2) is 44.7 Å². The van der Waals surface area contributed by atoms with Crippen molar-refractivity contribution < 1.29 is 20.1 Å². The summed E-state index contributed by atoms with van der Waals surface area (Å²) in [5.41, 5.74) is 1.41. The maximum absolute atomic E-state index is 10.1. The van der Waals surface area contributed by atoms with Gasteiger partial charge in [-0.05, 0) is 31.5 Å². The van der Waals surface area contributed by atoms with Crippen molar-refractivity contribution in [3.05, 3.63) is 29.6 Å². The third-order valence-electron chi connectivity index (χ3n) is 3.11. The summed E-state index contributed by atoms with van der Waals surface area (Å²) in [6.07, 6.45) is -2.69.